The molecule has 15 atom stereocenters. The summed E-state index contributed by atoms with van der Waals surface area (Å²) < 4.78 is 53.9. The Bertz CT molecular complexity index is 1970. The number of cyclic esters (lactones) is 1. The summed E-state index contributed by atoms with van der Waals surface area (Å²) in [6.45, 7) is 14.7. The van der Waals surface area contributed by atoms with Gasteiger partial charge in [-0.05, 0) is 65.2 Å². The summed E-state index contributed by atoms with van der Waals surface area (Å²) in [7, 11) is 0. The maximum absolute atomic E-state index is 14.8. The second-order valence-electron chi connectivity index (χ2n) is 18.6. The average Bonchev–Trinajstić information content (AvgIpc) is 3.44. The van der Waals surface area contributed by atoms with E-state index in [4.69, 9.17) is 42.6 Å². The number of hydrogen-bond donors (Lipinski definition) is 1. The standard InChI is InChI=1S/C44H58O17/c1-20-15-33(60-38(51)21(20)2)42(10)43(52)18-34(54-23(4)46)44(61-42)30-12-11-27-16-28(17-32(50)41(27,9)29(30)13-14-40(43,44)8)58-39-37(57-26(7)49)36(56-25(6)48)35(55-24(5)47)31(59-39)19-53-22(3)45/h11,28-31,33-37,39,52H,12-19H2,1-10H3/t28-,29+,30-,31-,33-,34+,35-,36+,37-,39-,40-,41+,42+,43-,44+/m1/s1. The van der Waals surface area contributed by atoms with Crippen molar-refractivity contribution in [2.45, 2.75) is 180 Å². The second-order valence-corrected chi connectivity index (χ2v) is 18.6. The predicted molar refractivity (Wildman–Crippen MR) is 206 cm³/mol. The van der Waals surface area contributed by atoms with Crippen molar-refractivity contribution in [2.75, 3.05) is 6.61 Å². The van der Waals surface area contributed by atoms with Crippen LogP contribution >= 0.6 is 0 Å². The van der Waals surface area contributed by atoms with E-state index in [0.29, 0.717) is 31.3 Å². The van der Waals surface area contributed by atoms with Crippen molar-refractivity contribution in [2.24, 2.45) is 22.7 Å². The molecular formula is C44H58O17. The molecule has 61 heavy (non-hydrogen) atoms. The highest BCUT2D eigenvalue weighted by Gasteiger charge is 2.88. The first-order valence-corrected chi connectivity index (χ1v) is 21.1. The van der Waals surface area contributed by atoms with Crippen molar-refractivity contribution in [3.63, 3.8) is 0 Å². The highest BCUT2D eigenvalue weighted by molar-refractivity contribution is 5.90. The third-order valence-electron chi connectivity index (χ3n) is 15.3. The van der Waals surface area contributed by atoms with Gasteiger partial charge in [0.05, 0.1) is 11.5 Å². The predicted octanol–water partition coefficient (Wildman–Crippen LogP) is 3.43. The molecule has 0 amide bonds. The lowest BCUT2D eigenvalue weighted by Gasteiger charge is -2.60. The molecule has 17 nitrogen and oxygen atoms in total. The summed E-state index contributed by atoms with van der Waals surface area (Å²) in [6, 6.07) is 0. The lowest BCUT2D eigenvalue weighted by Crippen LogP contribution is -2.66. The van der Waals surface area contributed by atoms with E-state index in [1.807, 2.05) is 26.8 Å². The van der Waals surface area contributed by atoms with Crippen molar-refractivity contribution >= 4 is 41.6 Å². The lowest BCUT2D eigenvalue weighted by atomic mass is 9.45. The molecule has 4 aliphatic carbocycles. The minimum absolute atomic E-state index is 0.0612. The zero-order chi connectivity index (χ0) is 44.8. The van der Waals surface area contributed by atoms with Crippen LogP contribution < -0.4 is 0 Å². The molecule has 3 heterocycles. The van der Waals surface area contributed by atoms with Gasteiger partial charge in [0, 0.05) is 64.9 Å². The average molecular weight is 859 g/mol. The topological polar surface area (TPSA) is 223 Å². The smallest absolute Gasteiger partial charge is 0.334 e. The maximum Gasteiger partial charge on any atom is 0.334 e. The number of Topliss-reactive ketones (excluding diaryl/α,β-unsaturated/α-hetero) is 1. The van der Waals surface area contributed by atoms with Crippen LogP contribution in [0, 0.1) is 22.7 Å². The van der Waals surface area contributed by atoms with Gasteiger partial charge in [0.25, 0.3) is 0 Å². The van der Waals surface area contributed by atoms with Crippen molar-refractivity contribution in [1.29, 1.82) is 0 Å². The molecule has 0 unspecified atom stereocenters. The van der Waals surface area contributed by atoms with E-state index < -0.39 is 125 Å². The summed E-state index contributed by atoms with van der Waals surface area (Å²) in [6.07, 6.45) is -5.52. The Hall–Kier alpha value is -4.19. The van der Waals surface area contributed by atoms with Gasteiger partial charge in [-0.2, -0.15) is 0 Å². The molecule has 5 fully saturated rings. The third-order valence-corrected chi connectivity index (χ3v) is 15.3. The Labute approximate surface area is 354 Å². The largest absolute Gasteiger partial charge is 0.463 e. The van der Waals surface area contributed by atoms with Gasteiger partial charge in [-0.25, -0.2) is 4.79 Å². The number of carbonyl (C=O) groups is 7. The van der Waals surface area contributed by atoms with Gasteiger partial charge in [0.2, 0.25) is 0 Å². The Morgan fingerprint density at radius 1 is 0.803 bits per heavy atom. The monoisotopic (exact) mass is 858 g/mol. The van der Waals surface area contributed by atoms with E-state index in [0.717, 1.165) is 31.9 Å². The van der Waals surface area contributed by atoms with Gasteiger partial charge >= 0.3 is 35.8 Å². The molecule has 3 saturated carbocycles. The van der Waals surface area contributed by atoms with Crippen molar-refractivity contribution in [1.82, 2.24) is 0 Å². The van der Waals surface area contributed by atoms with Crippen LogP contribution in [0.4, 0.5) is 0 Å². The number of ketones is 1. The fourth-order valence-corrected chi connectivity index (χ4v) is 12.3. The molecular weight excluding hydrogens is 800 g/mol. The molecule has 2 bridgehead atoms. The molecule has 0 radical (unpaired) electrons. The van der Waals surface area contributed by atoms with Crippen molar-refractivity contribution in [3.8, 4) is 0 Å². The van der Waals surface area contributed by atoms with Crippen LogP contribution in [0.25, 0.3) is 0 Å². The normalized spacial score (nSPS) is 43.8. The molecule has 0 aromatic rings. The molecule has 336 valence electrons. The second kappa shape index (κ2) is 15.6. The van der Waals surface area contributed by atoms with E-state index in [1.165, 1.54) is 13.8 Å². The Morgan fingerprint density at radius 3 is 2.03 bits per heavy atom. The van der Waals surface area contributed by atoms with E-state index in [1.54, 1.807) is 13.8 Å². The molecule has 7 rings (SSSR count). The fraction of sp³-hybridized carbons (Fsp3) is 0.750. The molecule has 2 saturated heterocycles. The number of esters is 6. The van der Waals surface area contributed by atoms with Gasteiger partial charge in [0.15, 0.2) is 24.6 Å². The number of fused-ring (bicyclic) bond motifs is 3. The quantitative estimate of drug-likeness (QED) is 0.199. The van der Waals surface area contributed by atoms with Crippen LogP contribution in [0.5, 0.6) is 0 Å². The van der Waals surface area contributed by atoms with Gasteiger partial charge in [0.1, 0.15) is 47.5 Å². The highest BCUT2D eigenvalue weighted by Crippen LogP contribution is 2.77. The van der Waals surface area contributed by atoms with E-state index in [9.17, 15) is 38.7 Å². The molecule has 17 heteroatoms. The van der Waals surface area contributed by atoms with Crippen LogP contribution in [0.1, 0.15) is 114 Å². The zero-order valence-electron chi connectivity index (χ0n) is 36.5. The molecule has 0 aromatic carbocycles. The van der Waals surface area contributed by atoms with E-state index >= 15 is 0 Å². The number of ether oxygens (including phenoxy) is 9. The van der Waals surface area contributed by atoms with Gasteiger partial charge < -0.3 is 47.7 Å². The van der Waals surface area contributed by atoms with E-state index in [-0.39, 0.29) is 31.0 Å². The SMILES string of the molecule is CC(=O)OC[C@H]1O[C@@H](O[C@H]2CC(=O)[C@@]3(C)C(=CC[C@@H]4[C@@H]3CC[C@@]3(C)[C@]45O[C@@](C)([C@H]4CC(C)=C(C)C(=O)O4)[C@@]3(O)C[C@@H]5OC(C)=O)C2)[C@H](OC(C)=O)[C@@H](OC(C)=O)[C@@H]1OC(C)=O. The molecule has 1 N–H and O–H groups in total. The van der Waals surface area contributed by atoms with Crippen LogP contribution in [-0.2, 0) is 76.2 Å². The molecule has 0 spiro atoms. The summed E-state index contributed by atoms with van der Waals surface area (Å²) in [5.74, 6) is -4.87. The Balaban J connectivity index is 1.21. The number of hydrogen-bond acceptors (Lipinski definition) is 17. The van der Waals surface area contributed by atoms with Crippen LogP contribution in [0.15, 0.2) is 22.8 Å². The van der Waals surface area contributed by atoms with Crippen molar-refractivity contribution < 1.29 is 81.3 Å². The molecule has 7 aliphatic rings. The Morgan fingerprint density at radius 2 is 1.43 bits per heavy atom. The summed E-state index contributed by atoms with van der Waals surface area (Å²) in [4.78, 5) is 89.6. The number of rotatable bonds is 9. The van der Waals surface area contributed by atoms with Crippen LogP contribution in [-0.4, -0.2) is 119 Å². The summed E-state index contributed by atoms with van der Waals surface area (Å²) >= 11 is 0. The minimum Gasteiger partial charge on any atom is -0.463 e. The lowest BCUT2D eigenvalue weighted by molar-refractivity contribution is -0.317. The number of aliphatic hydroxyl groups is 1. The van der Waals surface area contributed by atoms with Gasteiger partial charge in [-0.3, -0.25) is 28.8 Å². The van der Waals surface area contributed by atoms with Crippen LogP contribution in [0.3, 0.4) is 0 Å². The highest BCUT2D eigenvalue weighted by atomic mass is 16.7. The summed E-state index contributed by atoms with van der Waals surface area (Å²) in [5, 5.41) is 13.1. The number of allylic oxidation sites excluding steroid dienone is 1. The van der Waals surface area contributed by atoms with Crippen LogP contribution in [0.2, 0.25) is 0 Å². The third kappa shape index (κ3) is 6.83. The fourth-order valence-electron chi connectivity index (χ4n) is 12.3. The Kier molecular flexibility index (Phi) is 11.4. The van der Waals surface area contributed by atoms with E-state index in [2.05, 4.69) is 0 Å². The molecule has 3 aliphatic heterocycles. The maximum atomic E-state index is 14.8. The van der Waals surface area contributed by atoms with Gasteiger partial charge in [-0.15, -0.1) is 0 Å². The first-order chi connectivity index (χ1) is 28.4. The van der Waals surface area contributed by atoms with Crippen molar-refractivity contribution in [3.05, 3.63) is 22.8 Å². The first kappa shape index (κ1) is 44.9. The summed E-state index contributed by atoms with van der Waals surface area (Å²) in [5.41, 5.74) is -4.06. The zero-order valence-corrected chi connectivity index (χ0v) is 36.5. The molecule has 0 aromatic heterocycles. The first-order valence-electron chi connectivity index (χ1n) is 21.1. The number of carbonyl (C=O) groups excluding carboxylic acids is 7. The van der Waals surface area contributed by atoms with Gasteiger partial charge in [-0.1, -0.05) is 24.1 Å². The minimum atomic E-state index is -1.58.